The number of aliphatic hydroxyl groups is 1. The predicted octanol–water partition coefficient (Wildman–Crippen LogP) is 1.95. The first-order valence-corrected chi connectivity index (χ1v) is 7.97. The van der Waals surface area contributed by atoms with Gasteiger partial charge < -0.3 is 5.11 Å². The standard InChI is InChI=1S/C11H19NO3S2/c1-4-8(2)9(3)12-17(14,15)11-5-10(6-13)16-7-11/h5,7-9,12-13H,4,6H2,1-3H3. The molecule has 1 aromatic heterocycles. The van der Waals surface area contributed by atoms with Gasteiger partial charge in [0.1, 0.15) is 0 Å². The maximum Gasteiger partial charge on any atom is 0.241 e. The monoisotopic (exact) mass is 277 g/mol. The Bertz CT molecular complexity index is 453. The van der Waals surface area contributed by atoms with Crippen molar-refractivity contribution in [2.75, 3.05) is 0 Å². The SMILES string of the molecule is CCC(C)C(C)NS(=O)(=O)c1csc(CO)c1. The first kappa shape index (κ1) is 14.6. The zero-order valence-electron chi connectivity index (χ0n) is 10.3. The summed E-state index contributed by atoms with van der Waals surface area (Å²) in [6.07, 6.45) is 0.926. The second-order valence-corrected chi connectivity index (χ2v) is 6.91. The largest absolute Gasteiger partial charge is 0.391 e. The van der Waals surface area contributed by atoms with Crippen LogP contribution in [0, 0.1) is 5.92 Å². The first-order valence-electron chi connectivity index (χ1n) is 5.61. The Labute approximate surface area is 107 Å². The van der Waals surface area contributed by atoms with Crippen LogP contribution in [0.5, 0.6) is 0 Å². The van der Waals surface area contributed by atoms with Gasteiger partial charge >= 0.3 is 0 Å². The van der Waals surface area contributed by atoms with Crippen molar-refractivity contribution in [1.82, 2.24) is 4.72 Å². The Morgan fingerprint density at radius 3 is 2.59 bits per heavy atom. The van der Waals surface area contributed by atoms with E-state index in [0.717, 1.165) is 6.42 Å². The van der Waals surface area contributed by atoms with Crippen molar-refractivity contribution in [1.29, 1.82) is 0 Å². The summed E-state index contributed by atoms with van der Waals surface area (Å²) < 4.78 is 26.7. The molecule has 2 N–H and O–H groups in total. The van der Waals surface area contributed by atoms with E-state index in [1.807, 2.05) is 20.8 Å². The van der Waals surface area contributed by atoms with Crippen LogP contribution in [0.3, 0.4) is 0 Å². The lowest BCUT2D eigenvalue weighted by Gasteiger charge is -2.19. The molecule has 2 atom stereocenters. The van der Waals surface area contributed by atoms with Crippen LogP contribution in [-0.4, -0.2) is 19.6 Å². The zero-order valence-corrected chi connectivity index (χ0v) is 11.9. The molecular weight excluding hydrogens is 258 g/mol. The zero-order chi connectivity index (χ0) is 13.1. The van der Waals surface area contributed by atoms with Crippen molar-refractivity contribution in [2.24, 2.45) is 5.92 Å². The van der Waals surface area contributed by atoms with Crippen LogP contribution < -0.4 is 4.72 Å². The molecule has 1 rings (SSSR count). The Morgan fingerprint density at radius 1 is 1.47 bits per heavy atom. The number of aliphatic hydroxyl groups excluding tert-OH is 1. The molecule has 4 nitrogen and oxygen atoms in total. The molecular formula is C11H19NO3S2. The van der Waals surface area contributed by atoms with Crippen LogP contribution in [0.1, 0.15) is 32.1 Å². The third kappa shape index (κ3) is 3.77. The third-order valence-electron chi connectivity index (χ3n) is 2.93. The van der Waals surface area contributed by atoms with Crippen molar-refractivity contribution in [3.8, 4) is 0 Å². The molecule has 0 aliphatic heterocycles. The summed E-state index contributed by atoms with van der Waals surface area (Å²) in [6.45, 7) is 5.79. The molecule has 1 aromatic rings. The smallest absolute Gasteiger partial charge is 0.241 e. The molecule has 0 amide bonds. The van der Waals surface area contributed by atoms with Gasteiger partial charge in [-0.2, -0.15) is 0 Å². The molecule has 0 radical (unpaired) electrons. The number of thiophene rings is 1. The molecule has 98 valence electrons. The van der Waals surface area contributed by atoms with Crippen molar-refractivity contribution >= 4 is 21.4 Å². The van der Waals surface area contributed by atoms with Crippen LogP contribution >= 0.6 is 11.3 Å². The highest BCUT2D eigenvalue weighted by Gasteiger charge is 2.21. The second-order valence-electron chi connectivity index (χ2n) is 4.20. The summed E-state index contributed by atoms with van der Waals surface area (Å²) in [5.41, 5.74) is 0. The molecule has 0 saturated carbocycles. The van der Waals surface area contributed by atoms with E-state index in [1.54, 1.807) is 5.38 Å². The van der Waals surface area contributed by atoms with E-state index in [4.69, 9.17) is 5.11 Å². The van der Waals surface area contributed by atoms with Crippen molar-refractivity contribution in [3.05, 3.63) is 16.3 Å². The van der Waals surface area contributed by atoms with Crippen LogP contribution in [0.4, 0.5) is 0 Å². The summed E-state index contributed by atoms with van der Waals surface area (Å²) in [4.78, 5) is 0.892. The van der Waals surface area contributed by atoms with Gasteiger partial charge in [0.05, 0.1) is 11.5 Å². The van der Waals surface area contributed by atoms with Gasteiger partial charge in [-0.3, -0.25) is 0 Å². The van der Waals surface area contributed by atoms with Gasteiger partial charge in [0.25, 0.3) is 0 Å². The summed E-state index contributed by atoms with van der Waals surface area (Å²) >= 11 is 1.25. The van der Waals surface area contributed by atoms with Crippen LogP contribution in [0.2, 0.25) is 0 Å². The molecule has 0 fully saturated rings. The van der Waals surface area contributed by atoms with Gasteiger partial charge in [-0.05, 0) is 18.9 Å². The van der Waals surface area contributed by atoms with Crippen LogP contribution in [-0.2, 0) is 16.6 Å². The number of nitrogens with one attached hydrogen (secondary N) is 1. The van der Waals surface area contributed by atoms with Gasteiger partial charge in [0, 0.05) is 16.3 Å². The van der Waals surface area contributed by atoms with Gasteiger partial charge in [0.2, 0.25) is 10.0 Å². The van der Waals surface area contributed by atoms with E-state index in [2.05, 4.69) is 4.72 Å². The fourth-order valence-corrected chi connectivity index (χ4v) is 3.85. The van der Waals surface area contributed by atoms with E-state index in [0.29, 0.717) is 10.8 Å². The minimum atomic E-state index is -3.45. The molecule has 6 heteroatoms. The Balaban J connectivity index is 2.81. The van der Waals surface area contributed by atoms with E-state index < -0.39 is 10.0 Å². The highest BCUT2D eigenvalue weighted by atomic mass is 32.2. The Morgan fingerprint density at radius 2 is 2.12 bits per heavy atom. The lowest BCUT2D eigenvalue weighted by Crippen LogP contribution is -2.36. The van der Waals surface area contributed by atoms with Gasteiger partial charge in [-0.15, -0.1) is 11.3 Å². The molecule has 0 aliphatic carbocycles. The van der Waals surface area contributed by atoms with E-state index in [-0.39, 0.29) is 17.5 Å². The summed E-state index contributed by atoms with van der Waals surface area (Å²) in [7, 11) is -3.45. The quantitative estimate of drug-likeness (QED) is 0.835. The van der Waals surface area contributed by atoms with Crippen molar-refractivity contribution in [2.45, 2.75) is 44.7 Å². The fraction of sp³-hybridized carbons (Fsp3) is 0.636. The second kappa shape index (κ2) is 5.95. The highest BCUT2D eigenvalue weighted by Crippen LogP contribution is 2.20. The molecule has 0 bridgehead atoms. The van der Waals surface area contributed by atoms with Crippen molar-refractivity contribution < 1.29 is 13.5 Å². The van der Waals surface area contributed by atoms with Gasteiger partial charge in [-0.1, -0.05) is 20.3 Å². The van der Waals surface area contributed by atoms with Crippen LogP contribution in [0.25, 0.3) is 0 Å². The summed E-state index contributed by atoms with van der Waals surface area (Å²) in [5, 5.41) is 10.5. The van der Waals surface area contributed by atoms with Crippen LogP contribution in [0.15, 0.2) is 16.3 Å². The van der Waals surface area contributed by atoms with Gasteiger partial charge in [0.15, 0.2) is 0 Å². The van der Waals surface area contributed by atoms with E-state index in [9.17, 15) is 8.42 Å². The van der Waals surface area contributed by atoms with E-state index in [1.165, 1.54) is 17.4 Å². The number of hydrogen-bond acceptors (Lipinski definition) is 4. The number of sulfonamides is 1. The highest BCUT2D eigenvalue weighted by molar-refractivity contribution is 7.89. The lowest BCUT2D eigenvalue weighted by atomic mass is 10.0. The summed E-state index contributed by atoms with van der Waals surface area (Å²) in [5.74, 6) is 0.292. The molecule has 0 aromatic carbocycles. The average Bonchev–Trinajstić information content (AvgIpc) is 2.76. The molecule has 0 aliphatic rings. The Hall–Kier alpha value is -0.430. The van der Waals surface area contributed by atoms with E-state index >= 15 is 0 Å². The fourth-order valence-electron chi connectivity index (χ4n) is 1.37. The Kier molecular flexibility index (Phi) is 5.12. The number of hydrogen-bond donors (Lipinski definition) is 2. The minimum absolute atomic E-state index is 0.0949. The average molecular weight is 277 g/mol. The molecule has 0 saturated heterocycles. The minimum Gasteiger partial charge on any atom is -0.391 e. The number of rotatable bonds is 6. The van der Waals surface area contributed by atoms with Crippen molar-refractivity contribution in [3.63, 3.8) is 0 Å². The summed E-state index contributed by atoms with van der Waals surface area (Å²) in [6, 6.07) is 1.42. The van der Waals surface area contributed by atoms with Gasteiger partial charge in [-0.25, -0.2) is 13.1 Å². The normalized spacial score (nSPS) is 15.8. The molecule has 1 heterocycles. The lowest BCUT2D eigenvalue weighted by molar-refractivity contribution is 0.285. The third-order valence-corrected chi connectivity index (χ3v) is 5.54. The maximum absolute atomic E-state index is 12.0. The molecule has 17 heavy (non-hydrogen) atoms. The maximum atomic E-state index is 12.0. The molecule has 2 unspecified atom stereocenters. The predicted molar refractivity (Wildman–Crippen MR) is 69.5 cm³/mol. The topological polar surface area (TPSA) is 66.4 Å². The first-order chi connectivity index (χ1) is 7.90. The molecule has 0 spiro atoms.